The lowest BCUT2D eigenvalue weighted by molar-refractivity contribution is 1.03. The normalized spacial score (nSPS) is 13.4. The second kappa shape index (κ2) is 11.1. The van der Waals surface area contributed by atoms with Gasteiger partial charge in [0, 0.05) is 17.1 Å². The molecule has 0 spiro atoms. The minimum atomic E-state index is 1.04. The molecule has 36 heavy (non-hydrogen) atoms. The van der Waals surface area contributed by atoms with Gasteiger partial charge < -0.3 is 4.90 Å². The van der Waals surface area contributed by atoms with Crippen LogP contribution in [-0.2, 0) is 6.42 Å². The van der Waals surface area contributed by atoms with E-state index in [2.05, 4.69) is 146 Å². The van der Waals surface area contributed by atoms with Crippen molar-refractivity contribution in [1.82, 2.24) is 0 Å². The van der Waals surface area contributed by atoms with E-state index < -0.39 is 0 Å². The standard InChI is InChI=1S/C35H33N/c1-3-28-16-22-33(23-17-28)36(32-20-14-27(2)15-21-32)34-24-18-29(19-25-34)26-35(30-10-6-4-7-11-30)31-12-8-5-9-13-31/h4,6-8,10-26H,3,5,9H2,1-2H3. The maximum absolute atomic E-state index is 2.35. The van der Waals surface area contributed by atoms with Crippen LogP contribution < -0.4 is 4.90 Å². The van der Waals surface area contributed by atoms with Crippen molar-refractivity contribution < 1.29 is 0 Å². The minimum Gasteiger partial charge on any atom is -0.311 e. The molecule has 178 valence electrons. The SMILES string of the molecule is CCc1ccc(N(c2ccc(C)cc2)c2ccc(C=C(C3=CCCC=C3)c3ccccc3)cc2)cc1. The molecule has 0 radical (unpaired) electrons. The topological polar surface area (TPSA) is 3.24 Å². The molecule has 0 unspecified atom stereocenters. The second-order valence-corrected chi connectivity index (χ2v) is 9.35. The van der Waals surface area contributed by atoms with Gasteiger partial charge in [0.25, 0.3) is 0 Å². The Morgan fingerprint density at radius 2 is 1.33 bits per heavy atom. The van der Waals surface area contributed by atoms with Crippen molar-refractivity contribution in [1.29, 1.82) is 0 Å². The summed E-state index contributed by atoms with van der Waals surface area (Å²) in [6.45, 7) is 4.33. The van der Waals surface area contributed by atoms with E-state index in [4.69, 9.17) is 0 Å². The zero-order valence-electron chi connectivity index (χ0n) is 21.2. The van der Waals surface area contributed by atoms with Crippen molar-refractivity contribution in [3.63, 3.8) is 0 Å². The van der Waals surface area contributed by atoms with Crippen LogP contribution in [0.2, 0.25) is 0 Å². The maximum Gasteiger partial charge on any atom is 0.0462 e. The van der Waals surface area contributed by atoms with Gasteiger partial charge in [-0.15, -0.1) is 0 Å². The predicted octanol–water partition coefficient (Wildman–Crippen LogP) is 9.84. The van der Waals surface area contributed by atoms with Gasteiger partial charge >= 0.3 is 0 Å². The first-order valence-corrected chi connectivity index (χ1v) is 12.9. The summed E-state index contributed by atoms with van der Waals surface area (Å²) in [5.74, 6) is 0. The van der Waals surface area contributed by atoms with Crippen LogP contribution in [-0.4, -0.2) is 0 Å². The van der Waals surface area contributed by atoms with Crippen molar-refractivity contribution in [2.75, 3.05) is 4.90 Å². The van der Waals surface area contributed by atoms with Crippen LogP contribution in [0.1, 0.15) is 42.0 Å². The van der Waals surface area contributed by atoms with Crippen LogP contribution >= 0.6 is 0 Å². The van der Waals surface area contributed by atoms with E-state index in [0.717, 1.165) is 30.6 Å². The van der Waals surface area contributed by atoms with Crippen molar-refractivity contribution in [2.45, 2.75) is 33.1 Å². The fraction of sp³-hybridized carbons (Fsp3) is 0.143. The number of rotatable bonds is 7. The van der Waals surface area contributed by atoms with Crippen LogP contribution in [0, 0.1) is 6.92 Å². The molecule has 5 rings (SSSR count). The summed E-state index contributed by atoms with van der Waals surface area (Å²) in [5.41, 5.74) is 11.1. The van der Waals surface area contributed by atoms with Gasteiger partial charge in [-0.3, -0.25) is 0 Å². The lowest BCUT2D eigenvalue weighted by Gasteiger charge is -2.26. The highest BCUT2D eigenvalue weighted by Gasteiger charge is 2.13. The Morgan fingerprint density at radius 3 is 1.92 bits per heavy atom. The molecule has 0 saturated heterocycles. The minimum absolute atomic E-state index is 1.04. The highest BCUT2D eigenvalue weighted by Crippen LogP contribution is 2.36. The van der Waals surface area contributed by atoms with Gasteiger partial charge in [0.1, 0.15) is 0 Å². The maximum atomic E-state index is 2.35. The highest BCUT2D eigenvalue weighted by molar-refractivity contribution is 5.93. The Balaban J connectivity index is 1.53. The quantitative estimate of drug-likeness (QED) is 0.244. The fourth-order valence-corrected chi connectivity index (χ4v) is 4.67. The Kier molecular flexibility index (Phi) is 7.28. The van der Waals surface area contributed by atoms with Crippen molar-refractivity contribution in [2.24, 2.45) is 0 Å². The molecule has 1 nitrogen and oxygen atoms in total. The molecular weight excluding hydrogens is 434 g/mol. The Hall–Kier alpha value is -4.10. The van der Waals surface area contributed by atoms with E-state index in [0.29, 0.717) is 0 Å². The predicted molar refractivity (Wildman–Crippen MR) is 156 cm³/mol. The zero-order valence-corrected chi connectivity index (χ0v) is 21.2. The number of nitrogens with zero attached hydrogens (tertiary/aromatic N) is 1. The van der Waals surface area contributed by atoms with Gasteiger partial charge in [-0.2, -0.15) is 0 Å². The van der Waals surface area contributed by atoms with Crippen LogP contribution in [0.5, 0.6) is 0 Å². The number of anilines is 3. The van der Waals surface area contributed by atoms with E-state index in [1.165, 1.54) is 39.1 Å². The third-order valence-corrected chi connectivity index (χ3v) is 6.75. The Bertz CT molecular complexity index is 1370. The summed E-state index contributed by atoms with van der Waals surface area (Å²) in [7, 11) is 0. The monoisotopic (exact) mass is 467 g/mol. The number of hydrogen-bond acceptors (Lipinski definition) is 1. The number of aryl methyl sites for hydroxylation is 2. The highest BCUT2D eigenvalue weighted by atomic mass is 15.1. The van der Waals surface area contributed by atoms with E-state index in [1.54, 1.807) is 0 Å². The lowest BCUT2D eigenvalue weighted by Crippen LogP contribution is -2.10. The molecule has 4 aromatic rings. The van der Waals surface area contributed by atoms with Crippen LogP contribution in [0.25, 0.3) is 11.6 Å². The van der Waals surface area contributed by atoms with E-state index in [9.17, 15) is 0 Å². The average molecular weight is 468 g/mol. The molecule has 0 heterocycles. The molecule has 1 heteroatoms. The molecule has 0 N–H and O–H groups in total. The third kappa shape index (κ3) is 5.42. The average Bonchev–Trinajstić information content (AvgIpc) is 2.95. The fourth-order valence-electron chi connectivity index (χ4n) is 4.67. The molecule has 0 aliphatic heterocycles. The first-order valence-electron chi connectivity index (χ1n) is 12.9. The number of benzene rings is 4. The van der Waals surface area contributed by atoms with Gasteiger partial charge in [0.2, 0.25) is 0 Å². The summed E-state index contributed by atoms with van der Waals surface area (Å²) in [6.07, 6.45) is 12.5. The van der Waals surface area contributed by atoms with Crippen molar-refractivity contribution in [3.8, 4) is 0 Å². The van der Waals surface area contributed by atoms with Gasteiger partial charge in [-0.25, -0.2) is 0 Å². The molecule has 1 aliphatic rings. The zero-order chi connectivity index (χ0) is 24.7. The van der Waals surface area contributed by atoms with Crippen molar-refractivity contribution >= 4 is 28.7 Å². The van der Waals surface area contributed by atoms with Crippen molar-refractivity contribution in [3.05, 3.63) is 149 Å². The van der Waals surface area contributed by atoms with Crippen LogP contribution in [0.4, 0.5) is 17.1 Å². The van der Waals surface area contributed by atoms with Gasteiger partial charge in [-0.05, 0) is 96.5 Å². The molecule has 4 aromatic carbocycles. The summed E-state index contributed by atoms with van der Waals surface area (Å²) in [4.78, 5) is 2.33. The summed E-state index contributed by atoms with van der Waals surface area (Å²) in [6, 6.07) is 37.3. The molecule has 0 amide bonds. The van der Waals surface area contributed by atoms with Gasteiger partial charge in [-0.1, -0.05) is 97.4 Å². The lowest BCUT2D eigenvalue weighted by atomic mass is 9.92. The van der Waals surface area contributed by atoms with Gasteiger partial charge in [0.15, 0.2) is 0 Å². The van der Waals surface area contributed by atoms with Gasteiger partial charge in [0.05, 0.1) is 0 Å². The largest absolute Gasteiger partial charge is 0.311 e. The molecule has 0 aromatic heterocycles. The molecule has 1 aliphatic carbocycles. The molecule has 0 atom stereocenters. The number of hydrogen-bond donors (Lipinski definition) is 0. The van der Waals surface area contributed by atoms with Crippen LogP contribution in [0.15, 0.2) is 127 Å². The first kappa shape index (κ1) is 23.6. The summed E-state index contributed by atoms with van der Waals surface area (Å²) in [5, 5.41) is 0. The summed E-state index contributed by atoms with van der Waals surface area (Å²) < 4.78 is 0. The first-order chi connectivity index (χ1) is 17.7. The Morgan fingerprint density at radius 1 is 0.722 bits per heavy atom. The Labute approximate surface area is 215 Å². The van der Waals surface area contributed by atoms with Crippen LogP contribution in [0.3, 0.4) is 0 Å². The third-order valence-electron chi connectivity index (χ3n) is 6.75. The van der Waals surface area contributed by atoms with E-state index in [1.807, 2.05) is 0 Å². The molecule has 0 saturated carbocycles. The summed E-state index contributed by atoms with van der Waals surface area (Å²) >= 11 is 0. The van der Waals surface area contributed by atoms with E-state index in [-0.39, 0.29) is 0 Å². The molecule has 0 bridgehead atoms. The molecular formula is C35H33N. The number of allylic oxidation sites excluding steroid dienone is 5. The smallest absolute Gasteiger partial charge is 0.0462 e. The van der Waals surface area contributed by atoms with E-state index >= 15 is 0 Å². The second-order valence-electron chi connectivity index (χ2n) is 9.35. The molecule has 0 fully saturated rings.